The molecule has 0 bridgehead atoms. The molecule has 0 aliphatic carbocycles. The van der Waals surface area contributed by atoms with Crippen LogP contribution in [0.1, 0.15) is 38.3 Å². The minimum absolute atomic E-state index is 0.0117. The lowest BCUT2D eigenvalue weighted by Gasteiger charge is -2.32. The summed E-state index contributed by atoms with van der Waals surface area (Å²) >= 11 is 0. The van der Waals surface area contributed by atoms with Gasteiger partial charge >= 0.3 is 0 Å². The summed E-state index contributed by atoms with van der Waals surface area (Å²) in [5.74, 6) is 2.15. The van der Waals surface area contributed by atoms with Gasteiger partial charge in [-0.1, -0.05) is 30.3 Å². The van der Waals surface area contributed by atoms with Gasteiger partial charge in [0.25, 0.3) is 0 Å². The third kappa shape index (κ3) is 5.94. The number of hydrogen-bond acceptors (Lipinski definition) is 7. The van der Waals surface area contributed by atoms with Crippen LogP contribution < -0.4 is 20.1 Å². The van der Waals surface area contributed by atoms with Gasteiger partial charge in [-0.15, -0.1) is 0 Å². The van der Waals surface area contributed by atoms with Crippen molar-refractivity contribution in [2.75, 3.05) is 38.6 Å². The molecule has 1 saturated heterocycles. The Labute approximate surface area is 200 Å². The second-order valence-electron chi connectivity index (χ2n) is 8.66. The van der Waals surface area contributed by atoms with Crippen molar-refractivity contribution in [2.24, 2.45) is 0 Å². The maximum absolute atomic E-state index is 11.1. The summed E-state index contributed by atoms with van der Waals surface area (Å²) in [4.78, 5) is 22.4. The van der Waals surface area contributed by atoms with E-state index in [1.165, 1.54) is 5.56 Å². The molecule has 34 heavy (non-hydrogen) atoms. The van der Waals surface area contributed by atoms with Crippen LogP contribution in [0.2, 0.25) is 0 Å². The smallest absolute Gasteiger partial charge is 0.216 e. The Morgan fingerprint density at radius 1 is 1.15 bits per heavy atom. The topological polar surface area (TPSA) is 88.6 Å². The van der Waals surface area contributed by atoms with E-state index >= 15 is 0 Å². The number of nitrogens with zero attached hydrogens (tertiary/aromatic N) is 3. The van der Waals surface area contributed by atoms with E-state index in [2.05, 4.69) is 44.6 Å². The molecule has 0 unspecified atom stereocenters. The summed E-state index contributed by atoms with van der Waals surface area (Å²) in [6, 6.07) is 14.3. The highest BCUT2D eigenvalue weighted by molar-refractivity contribution is 5.91. The van der Waals surface area contributed by atoms with E-state index in [9.17, 15) is 4.79 Å². The Balaban J connectivity index is 1.47. The zero-order chi connectivity index (χ0) is 23.9. The van der Waals surface area contributed by atoms with Crippen LogP contribution in [0.5, 0.6) is 11.5 Å². The number of hydrogen-bond donors (Lipinski definition) is 2. The highest BCUT2D eigenvalue weighted by atomic mass is 16.5. The van der Waals surface area contributed by atoms with Crippen molar-refractivity contribution < 1.29 is 14.3 Å². The zero-order valence-electron chi connectivity index (χ0n) is 20.1. The number of rotatable bonds is 9. The first kappa shape index (κ1) is 23.8. The number of piperidine rings is 1. The van der Waals surface area contributed by atoms with E-state index in [0.717, 1.165) is 49.2 Å². The molecule has 2 heterocycles. The third-order valence-corrected chi connectivity index (χ3v) is 6.20. The monoisotopic (exact) mass is 463 g/mol. The lowest BCUT2D eigenvalue weighted by atomic mass is 10.1. The van der Waals surface area contributed by atoms with E-state index in [-0.39, 0.29) is 18.1 Å². The molecular weight excluding hydrogens is 430 g/mol. The molecule has 1 aliphatic heterocycles. The first-order valence-corrected chi connectivity index (χ1v) is 11.8. The fraction of sp³-hybridized carbons (Fsp3) is 0.423. The minimum atomic E-state index is 0.0117. The van der Waals surface area contributed by atoms with Crippen molar-refractivity contribution in [1.82, 2.24) is 20.2 Å². The molecule has 1 fully saturated rings. The fourth-order valence-electron chi connectivity index (χ4n) is 4.28. The summed E-state index contributed by atoms with van der Waals surface area (Å²) in [5, 5.41) is 7.27. The van der Waals surface area contributed by atoms with Crippen molar-refractivity contribution in [3.05, 3.63) is 54.4 Å². The molecule has 3 aromatic rings. The van der Waals surface area contributed by atoms with Crippen LogP contribution in [-0.2, 0) is 4.79 Å². The van der Waals surface area contributed by atoms with Gasteiger partial charge in [0.1, 0.15) is 18.2 Å². The molecule has 2 aromatic carbocycles. The van der Waals surface area contributed by atoms with Gasteiger partial charge in [-0.25, -0.2) is 9.97 Å². The molecule has 4 rings (SSSR count). The minimum Gasteiger partial charge on any atom is -0.493 e. The molecule has 8 heteroatoms. The van der Waals surface area contributed by atoms with Gasteiger partial charge in [-0.2, -0.15) is 0 Å². The van der Waals surface area contributed by atoms with Gasteiger partial charge in [-0.3, -0.25) is 4.79 Å². The average Bonchev–Trinajstić information content (AvgIpc) is 2.85. The largest absolute Gasteiger partial charge is 0.493 e. The molecule has 1 amide bonds. The number of carbonyl (C=O) groups excluding carboxylic acids is 1. The van der Waals surface area contributed by atoms with Gasteiger partial charge in [0.2, 0.25) is 5.91 Å². The molecule has 0 spiro atoms. The van der Waals surface area contributed by atoms with Gasteiger partial charge in [-0.05, 0) is 31.4 Å². The predicted octanol–water partition coefficient (Wildman–Crippen LogP) is 3.79. The number of aromatic nitrogens is 2. The number of anilines is 1. The third-order valence-electron chi connectivity index (χ3n) is 6.20. The summed E-state index contributed by atoms with van der Waals surface area (Å²) < 4.78 is 12.0. The predicted molar refractivity (Wildman–Crippen MR) is 133 cm³/mol. The molecule has 8 nitrogen and oxygen atoms in total. The number of fused-ring (bicyclic) bond motifs is 1. The maximum Gasteiger partial charge on any atom is 0.216 e. The van der Waals surface area contributed by atoms with Crippen molar-refractivity contribution >= 4 is 22.6 Å². The number of methoxy groups -OCH3 is 1. The quantitative estimate of drug-likeness (QED) is 0.499. The zero-order valence-corrected chi connectivity index (χ0v) is 20.1. The average molecular weight is 464 g/mol. The first-order chi connectivity index (χ1) is 16.5. The molecule has 2 N–H and O–H groups in total. The normalized spacial score (nSPS) is 15.6. The van der Waals surface area contributed by atoms with Crippen LogP contribution in [0.4, 0.5) is 5.82 Å². The maximum atomic E-state index is 11.1. The molecule has 1 aromatic heterocycles. The van der Waals surface area contributed by atoms with Crippen molar-refractivity contribution in [3.8, 4) is 11.5 Å². The summed E-state index contributed by atoms with van der Waals surface area (Å²) in [6.45, 7) is 7.07. The summed E-state index contributed by atoms with van der Waals surface area (Å²) in [6.07, 6.45) is 3.51. The lowest BCUT2D eigenvalue weighted by Crippen LogP contribution is -2.41. The van der Waals surface area contributed by atoms with Crippen LogP contribution >= 0.6 is 0 Å². The van der Waals surface area contributed by atoms with E-state index < -0.39 is 0 Å². The van der Waals surface area contributed by atoms with Crippen LogP contribution in [0.15, 0.2) is 48.8 Å². The van der Waals surface area contributed by atoms with E-state index in [0.29, 0.717) is 18.0 Å². The Kier molecular flexibility index (Phi) is 7.80. The number of carbonyl (C=O) groups is 1. The molecule has 0 radical (unpaired) electrons. The standard InChI is InChI=1S/C26H33N5O3/c1-18(20-7-5-4-6-8-20)30-26-22-15-25(24(33-3)16-23(22)28-17-29-26)34-21-9-12-31(13-10-21)14-11-27-19(2)32/h4-8,15-18,21H,9-14H2,1-3H3,(H,27,32)(H,28,29,30)/t18-/m1/s1. The Hall–Kier alpha value is -3.39. The Morgan fingerprint density at radius 3 is 2.62 bits per heavy atom. The number of ether oxygens (including phenoxy) is 2. The first-order valence-electron chi connectivity index (χ1n) is 11.8. The van der Waals surface area contributed by atoms with Crippen molar-refractivity contribution in [1.29, 1.82) is 0 Å². The van der Waals surface area contributed by atoms with Crippen molar-refractivity contribution in [3.63, 3.8) is 0 Å². The molecular formula is C26H33N5O3. The van der Waals surface area contributed by atoms with Gasteiger partial charge in [0, 0.05) is 50.6 Å². The van der Waals surface area contributed by atoms with Crippen LogP contribution in [0, 0.1) is 0 Å². The highest BCUT2D eigenvalue weighted by Gasteiger charge is 2.22. The highest BCUT2D eigenvalue weighted by Crippen LogP contribution is 2.36. The number of amides is 1. The second kappa shape index (κ2) is 11.2. The van der Waals surface area contributed by atoms with E-state index in [1.54, 1.807) is 20.4 Å². The molecule has 0 saturated carbocycles. The van der Waals surface area contributed by atoms with Gasteiger partial charge < -0.3 is 25.0 Å². The van der Waals surface area contributed by atoms with E-state index in [4.69, 9.17) is 9.47 Å². The van der Waals surface area contributed by atoms with Crippen LogP contribution in [0.3, 0.4) is 0 Å². The fourth-order valence-corrected chi connectivity index (χ4v) is 4.28. The number of likely N-dealkylation sites (tertiary alicyclic amines) is 1. The SMILES string of the molecule is COc1cc2ncnc(N[C@H](C)c3ccccc3)c2cc1OC1CCN(CCNC(C)=O)CC1. The number of nitrogens with one attached hydrogen (secondary N) is 2. The lowest BCUT2D eigenvalue weighted by molar-refractivity contribution is -0.119. The van der Waals surface area contributed by atoms with Crippen LogP contribution in [-0.4, -0.2) is 60.2 Å². The Morgan fingerprint density at radius 2 is 1.91 bits per heavy atom. The summed E-state index contributed by atoms with van der Waals surface area (Å²) in [5.41, 5.74) is 1.99. The molecule has 1 atom stereocenters. The van der Waals surface area contributed by atoms with Gasteiger partial charge in [0.15, 0.2) is 11.5 Å². The Bertz CT molecular complexity index is 1100. The second-order valence-corrected chi connectivity index (χ2v) is 8.66. The molecule has 1 aliphatic rings. The molecule has 180 valence electrons. The van der Waals surface area contributed by atoms with Crippen molar-refractivity contribution in [2.45, 2.75) is 38.8 Å². The van der Waals surface area contributed by atoms with Crippen LogP contribution in [0.25, 0.3) is 10.9 Å². The van der Waals surface area contributed by atoms with Gasteiger partial charge in [0.05, 0.1) is 12.6 Å². The summed E-state index contributed by atoms with van der Waals surface area (Å²) in [7, 11) is 1.65. The van der Waals surface area contributed by atoms with E-state index in [1.807, 2.05) is 30.3 Å². The number of benzene rings is 2.